The van der Waals surface area contributed by atoms with Gasteiger partial charge in [-0.2, -0.15) is 18.3 Å². The molecule has 10 heteroatoms. The number of carbonyl (C=O) groups excluding carboxylic acids is 1. The molecule has 0 spiro atoms. The second-order valence-electron chi connectivity index (χ2n) is 5.37. The van der Waals surface area contributed by atoms with Crippen molar-refractivity contribution < 1.29 is 26.7 Å². The zero-order valence-corrected chi connectivity index (χ0v) is 13.9. The lowest BCUT2D eigenvalue weighted by Gasteiger charge is -2.13. The third-order valence-electron chi connectivity index (χ3n) is 3.53. The molecule has 0 aliphatic carbocycles. The summed E-state index contributed by atoms with van der Waals surface area (Å²) in [5.41, 5.74) is -2.78. The largest absolute Gasteiger partial charge is 0.434 e. The molecule has 1 heterocycles. The summed E-state index contributed by atoms with van der Waals surface area (Å²) in [6, 6.07) is 7.51. The molecule has 3 rings (SSSR count). The van der Waals surface area contributed by atoms with E-state index in [0.29, 0.717) is 22.0 Å². The van der Waals surface area contributed by atoms with Gasteiger partial charge in [0.05, 0.1) is 23.1 Å². The molecule has 4 nitrogen and oxygen atoms in total. The number of amides is 1. The van der Waals surface area contributed by atoms with Gasteiger partial charge >= 0.3 is 6.18 Å². The second-order valence-corrected chi connectivity index (χ2v) is 5.81. The first kappa shape index (κ1) is 18.8. The Morgan fingerprint density at radius 3 is 2.37 bits per heavy atom. The first-order valence-electron chi connectivity index (χ1n) is 7.34. The van der Waals surface area contributed by atoms with Gasteiger partial charge in [-0.05, 0) is 36.4 Å². The molecule has 0 aliphatic rings. The molecular formula is C17H9ClF5N3O. The number of alkyl halides is 3. The van der Waals surface area contributed by atoms with Crippen molar-refractivity contribution in [1.29, 1.82) is 0 Å². The highest BCUT2D eigenvalue weighted by molar-refractivity contribution is 6.30. The molecule has 1 aromatic heterocycles. The van der Waals surface area contributed by atoms with Gasteiger partial charge in [-0.1, -0.05) is 11.6 Å². The van der Waals surface area contributed by atoms with Gasteiger partial charge in [0.15, 0.2) is 5.69 Å². The van der Waals surface area contributed by atoms with Crippen molar-refractivity contribution in [3.8, 4) is 5.69 Å². The van der Waals surface area contributed by atoms with Crippen molar-refractivity contribution in [1.82, 2.24) is 9.78 Å². The number of aromatic nitrogens is 2. The number of carbonyl (C=O) groups is 1. The zero-order valence-electron chi connectivity index (χ0n) is 13.2. The molecule has 0 unspecified atom stereocenters. The summed E-state index contributed by atoms with van der Waals surface area (Å²) in [4.78, 5) is 12.3. The summed E-state index contributed by atoms with van der Waals surface area (Å²) < 4.78 is 68.0. The number of benzene rings is 2. The predicted molar refractivity (Wildman–Crippen MR) is 87.9 cm³/mol. The fourth-order valence-electron chi connectivity index (χ4n) is 2.35. The third-order valence-corrected chi connectivity index (χ3v) is 3.78. The summed E-state index contributed by atoms with van der Waals surface area (Å²) in [6.07, 6.45) is -4.24. The molecule has 0 fully saturated rings. The standard InChI is InChI=1S/C17H9ClF5N3O/c18-9-1-4-11(5-2-9)26-15(17(21,22)23)12(8-24-26)16(27)25-14-7-10(19)3-6-13(14)20/h1-8H,(H,25,27). The summed E-state index contributed by atoms with van der Waals surface area (Å²) in [5.74, 6) is -3.14. The smallest absolute Gasteiger partial charge is 0.319 e. The molecule has 3 aromatic rings. The summed E-state index contributed by atoms with van der Waals surface area (Å²) >= 11 is 5.72. The molecule has 0 atom stereocenters. The van der Waals surface area contributed by atoms with Crippen LogP contribution >= 0.6 is 11.6 Å². The van der Waals surface area contributed by atoms with Crippen LogP contribution in [0.3, 0.4) is 0 Å². The Labute approximate surface area is 154 Å². The number of nitrogens with zero attached hydrogens (tertiary/aromatic N) is 2. The summed E-state index contributed by atoms with van der Waals surface area (Å²) in [5, 5.41) is 5.84. The van der Waals surface area contributed by atoms with Crippen LogP contribution in [0.2, 0.25) is 5.02 Å². The quantitative estimate of drug-likeness (QED) is 0.622. The Morgan fingerprint density at radius 2 is 1.74 bits per heavy atom. The lowest BCUT2D eigenvalue weighted by atomic mass is 10.2. The van der Waals surface area contributed by atoms with Crippen LogP contribution in [-0.4, -0.2) is 15.7 Å². The summed E-state index contributed by atoms with van der Waals surface area (Å²) in [6.45, 7) is 0. The number of halogens is 6. The normalized spacial score (nSPS) is 11.5. The first-order chi connectivity index (χ1) is 12.7. The van der Waals surface area contributed by atoms with Crippen LogP contribution in [0.5, 0.6) is 0 Å². The first-order valence-corrected chi connectivity index (χ1v) is 7.72. The average Bonchev–Trinajstić information content (AvgIpc) is 3.04. The third kappa shape index (κ3) is 3.92. The Morgan fingerprint density at radius 1 is 1.07 bits per heavy atom. The molecule has 0 saturated heterocycles. The van der Waals surface area contributed by atoms with Crippen LogP contribution in [0.4, 0.5) is 27.6 Å². The maximum atomic E-state index is 13.7. The minimum absolute atomic E-state index is 0.0164. The summed E-state index contributed by atoms with van der Waals surface area (Å²) in [7, 11) is 0. The topological polar surface area (TPSA) is 46.9 Å². The van der Waals surface area contributed by atoms with E-state index in [-0.39, 0.29) is 5.69 Å². The van der Waals surface area contributed by atoms with E-state index in [0.717, 1.165) is 12.1 Å². The van der Waals surface area contributed by atoms with Crippen molar-refractivity contribution in [2.75, 3.05) is 5.32 Å². The van der Waals surface area contributed by atoms with E-state index < -0.39 is 40.7 Å². The van der Waals surface area contributed by atoms with Gasteiger partial charge in [-0.3, -0.25) is 4.79 Å². The van der Waals surface area contributed by atoms with Gasteiger partial charge in [-0.25, -0.2) is 13.5 Å². The maximum Gasteiger partial charge on any atom is 0.434 e. The highest BCUT2D eigenvalue weighted by Gasteiger charge is 2.40. The Kier molecular flexibility index (Phi) is 4.88. The molecule has 2 aromatic carbocycles. The number of anilines is 1. The molecule has 0 saturated carbocycles. The van der Waals surface area contributed by atoms with E-state index in [4.69, 9.17) is 11.6 Å². The van der Waals surface area contributed by atoms with Gasteiger partial charge < -0.3 is 5.32 Å². The minimum atomic E-state index is -4.94. The average molecular weight is 402 g/mol. The maximum absolute atomic E-state index is 13.7. The van der Waals surface area contributed by atoms with E-state index in [9.17, 15) is 26.7 Å². The SMILES string of the molecule is O=C(Nc1cc(F)ccc1F)c1cnn(-c2ccc(Cl)cc2)c1C(F)(F)F. The molecule has 1 N–H and O–H groups in total. The van der Waals surface area contributed by atoms with Gasteiger partial charge in [0.25, 0.3) is 5.91 Å². The number of hydrogen-bond donors (Lipinski definition) is 1. The minimum Gasteiger partial charge on any atom is -0.319 e. The monoisotopic (exact) mass is 401 g/mol. The van der Waals surface area contributed by atoms with Crippen molar-refractivity contribution in [3.63, 3.8) is 0 Å². The Bertz CT molecular complexity index is 999. The zero-order chi connectivity index (χ0) is 19.8. The lowest BCUT2D eigenvalue weighted by molar-refractivity contribution is -0.143. The van der Waals surface area contributed by atoms with E-state index in [1.54, 1.807) is 0 Å². The van der Waals surface area contributed by atoms with E-state index in [1.807, 2.05) is 5.32 Å². The van der Waals surface area contributed by atoms with Crippen molar-refractivity contribution in [2.24, 2.45) is 0 Å². The fraction of sp³-hybridized carbons (Fsp3) is 0.0588. The van der Waals surface area contributed by atoms with Crippen LogP contribution in [0.25, 0.3) is 5.69 Å². The molecule has 0 aliphatic heterocycles. The van der Waals surface area contributed by atoms with Crippen molar-refractivity contribution in [2.45, 2.75) is 6.18 Å². The van der Waals surface area contributed by atoms with Crippen LogP contribution in [0, 0.1) is 11.6 Å². The second kappa shape index (κ2) is 6.99. The molecule has 27 heavy (non-hydrogen) atoms. The molecule has 1 amide bonds. The van der Waals surface area contributed by atoms with E-state index in [1.165, 1.54) is 24.3 Å². The highest BCUT2D eigenvalue weighted by Crippen LogP contribution is 2.34. The van der Waals surface area contributed by atoms with E-state index >= 15 is 0 Å². The van der Waals surface area contributed by atoms with Gasteiger partial charge in [0.1, 0.15) is 11.6 Å². The van der Waals surface area contributed by atoms with Crippen molar-refractivity contribution >= 4 is 23.2 Å². The van der Waals surface area contributed by atoms with Crippen LogP contribution in [-0.2, 0) is 6.18 Å². The molecule has 0 bridgehead atoms. The molecule has 140 valence electrons. The van der Waals surface area contributed by atoms with E-state index in [2.05, 4.69) is 5.10 Å². The number of rotatable bonds is 3. The van der Waals surface area contributed by atoms with Crippen LogP contribution < -0.4 is 5.32 Å². The van der Waals surface area contributed by atoms with Crippen molar-refractivity contribution in [3.05, 3.63) is 76.6 Å². The molecule has 0 radical (unpaired) electrons. The Balaban J connectivity index is 2.04. The van der Waals surface area contributed by atoms with Gasteiger partial charge in [0.2, 0.25) is 0 Å². The van der Waals surface area contributed by atoms with Crippen LogP contribution in [0.1, 0.15) is 16.1 Å². The Hall–Kier alpha value is -2.94. The number of hydrogen-bond acceptors (Lipinski definition) is 2. The van der Waals surface area contributed by atoms with Gasteiger partial charge in [-0.15, -0.1) is 0 Å². The predicted octanol–water partition coefficient (Wildman–Crippen LogP) is 5.08. The van der Waals surface area contributed by atoms with Gasteiger partial charge in [0, 0.05) is 11.1 Å². The molecular weight excluding hydrogens is 393 g/mol. The lowest BCUT2D eigenvalue weighted by Crippen LogP contribution is -2.21. The fourth-order valence-corrected chi connectivity index (χ4v) is 2.47. The number of nitrogens with one attached hydrogen (secondary N) is 1. The highest BCUT2D eigenvalue weighted by atomic mass is 35.5. The van der Waals surface area contributed by atoms with Crippen LogP contribution in [0.15, 0.2) is 48.7 Å².